The quantitative estimate of drug-likeness (QED) is 0.702. The van der Waals surface area contributed by atoms with Crippen molar-refractivity contribution in [2.75, 3.05) is 33.7 Å². The summed E-state index contributed by atoms with van der Waals surface area (Å²) in [7, 11) is 4.45. The minimum atomic E-state index is 0.665. The summed E-state index contributed by atoms with van der Waals surface area (Å²) in [6, 6.07) is 2.09. The number of nitrogens with one attached hydrogen (secondary N) is 1. The van der Waals surface area contributed by atoms with Crippen molar-refractivity contribution in [2.24, 2.45) is 5.92 Å². The standard InChI is InChI=1S/C17H37N3/c1-7-10-15(18-11-8-2)16(9-3)20-12-14(4)17(13-20)19(5)6/h14-18H,7-13H2,1-6H3. The van der Waals surface area contributed by atoms with E-state index in [0.29, 0.717) is 12.1 Å². The van der Waals surface area contributed by atoms with Crippen molar-refractivity contribution in [1.82, 2.24) is 15.1 Å². The molecule has 0 saturated carbocycles. The molecule has 1 heterocycles. The molecule has 0 bridgehead atoms. The summed E-state index contributed by atoms with van der Waals surface area (Å²) in [5.41, 5.74) is 0. The monoisotopic (exact) mass is 283 g/mol. The summed E-state index contributed by atoms with van der Waals surface area (Å²) in [4.78, 5) is 5.16. The summed E-state index contributed by atoms with van der Waals surface area (Å²) in [5, 5.41) is 3.80. The molecule has 0 spiro atoms. The molecule has 4 atom stereocenters. The Labute approximate surface area is 127 Å². The third-order valence-corrected chi connectivity index (χ3v) is 4.87. The van der Waals surface area contributed by atoms with E-state index in [1.54, 1.807) is 0 Å². The van der Waals surface area contributed by atoms with Crippen LogP contribution in [0.2, 0.25) is 0 Å². The molecule has 1 aliphatic heterocycles. The Balaban J connectivity index is 2.67. The van der Waals surface area contributed by atoms with Gasteiger partial charge in [0, 0.05) is 31.2 Å². The van der Waals surface area contributed by atoms with Crippen molar-refractivity contribution in [1.29, 1.82) is 0 Å². The van der Waals surface area contributed by atoms with Crippen LogP contribution < -0.4 is 5.32 Å². The van der Waals surface area contributed by atoms with Crippen LogP contribution in [0.3, 0.4) is 0 Å². The summed E-state index contributed by atoms with van der Waals surface area (Å²) >= 11 is 0. The van der Waals surface area contributed by atoms with Crippen molar-refractivity contribution >= 4 is 0 Å². The SMILES string of the molecule is CCCNC(CCC)C(CC)N1CC(C)C(N(C)C)C1. The largest absolute Gasteiger partial charge is 0.312 e. The Morgan fingerprint density at radius 1 is 1.15 bits per heavy atom. The predicted octanol–water partition coefficient (Wildman–Crippen LogP) is 2.82. The Morgan fingerprint density at radius 2 is 1.85 bits per heavy atom. The van der Waals surface area contributed by atoms with Gasteiger partial charge in [-0.15, -0.1) is 0 Å². The van der Waals surface area contributed by atoms with Crippen LogP contribution in [0.15, 0.2) is 0 Å². The second-order valence-electron chi connectivity index (χ2n) is 6.79. The molecule has 1 fully saturated rings. The molecule has 1 saturated heterocycles. The van der Waals surface area contributed by atoms with Gasteiger partial charge in [-0.3, -0.25) is 4.90 Å². The Morgan fingerprint density at radius 3 is 2.30 bits per heavy atom. The molecule has 1 aliphatic rings. The number of hydrogen-bond donors (Lipinski definition) is 1. The smallest absolute Gasteiger partial charge is 0.0254 e. The molecule has 3 nitrogen and oxygen atoms in total. The number of nitrogens with zero attached hydrogens (tertiary/aromatic N) is 2. The minimum absolute atomic E-state index is 0.665. The fraction of sp³-hybridized carbons (Fsp3) is 1.00. The molecule has 0 aliphatic carbocycles. The van der Waals surface area contributed by atoms with E-state index in [4.69, 9.17) is 0 Å². The second kappa shape index (κ2) is 9.01. The summed E-state index contributed by atoms with van der Waals surface area (Å²) in [5.74, 6) is 0.785. The van der Waals surface area contributed by atoms with Crippen LogP contribution in [-0.2, 0) is 0 Å². The van der Waals surface area contributed by atoms with Gasteiger partial charge < -0.3 is 10.2 Å². The normalized spacial score (nSPS) is 27.1. The molecule has 1 N–H and O–H groups in total. The lowest BCUT2D eigenvalue weighted by Crippen LogP contribution is -2.50. The van der Waals surface area contributed by atoms with Crippen molar-refractivity contribution < 1.29 is 0 Å². The lowest BCUT2D eigenvalue weighted by molar-refractivity contribution is 0.165. The van der Waals surface area contributed by atoms with E-state index in [1.807, 2.05) is 0 Å². The van der Waals surface area contributed by atoms with E-state index in [1.165, 1.54) is 38.8 Å². The highest BCUT2D eigenvalue weighted by Crippen LogP contribution is 2.25. The molecule has 4 unspecified atom stereocenters. The highest BCUT2D eigenvalue weighted by molar-refractivity contribution is 4.93. The first kappa shape index (κ1) is 17.9. The highest BCUT2D eigenvalue weighted by Gasteiger charge is 2.36. The van der Waals surface area contributed by atoms with Crippen LogP contribution in [-0.4, -0.2) is 61.7 Å². The van der Waals surface area contributed by atoms with Gasteiger partial charge in [-0.2, -0.15) is 0 Å². The van der Waals surface area contributed by atoms with Crippen LogP contribution in [0.25, 0.3) is 0 Å². The highest BCUT2D eigenvalue weighted by atomic mass is 15.3. The summed E-state index contributed by atoms with van der Waals surface area (Å²) < 4.78 is 0. The Bertz CT molecular complexity index is 255. The molecule has 120 valence electrons. The zero-order chi connectivity index (χ0) is 15.1. The molecular weight excluding hydrogens is 246 g/mol. The lowest BCUT2D eigenvalue weighted by atomic mass is 9.99. The first-order valence-electron chi connectivity index (χ1n) is 8.68. The van der Waals surface area contributed by atoms with Gasteiger partial charge in [0.25, 0.3) is 0 Å². The molecule has 3 heteroatoms. The topological polar surface area (TPSA) is 18.5 Å². The van der Waals surface area contributed by atoms with Crippen LogP contribution in [0.4, 0.5) is 0 Å². The number of hydrogen-bond acceptors (Lipinski definition) is 3. The molecule has 0 amide bonds. The number of likely N-dealkylation sites (tertiary alicyclic amines) is 1. The first-order chi connectivity index (χ1) is 9.54. The van der Waals surface area contributed by atoms with Crippen molar-refractivity contribution in [3.8, 4) is 0 Å². The van der Waals surface area contributed by atoms with E-state index >= 15 is 0 Å². The van der Waals surface area contributed by atoms with Gasteiger partial charge in [0.1, 0.15) is 0 Å². The average Bonchev–Trinajstić information content (AvgIpc) is 2.79. The van der Waals surface area contributed by atoms with Gasteiger partial charge in [0.2, 0.25) is 0 Å². The maximum absolute atomic E-state index is 3.80. The summed E-state index contributed by atoms with van der Waals surface area (Å²) in [6.07, 6.45) is 5.07. The Hall–Kier alpha value is -0.120. The molecule has 0 aromatic carbocycles. The van der Waals surface area contributed by atoms with Gasteiger partial charge in [-0.1, -0.05) is 34.1 Å². The zero-order valence-electron chi connectivity index (χ0n) is 14.7. The third kappa shape index (κ3) is 4.71. The first-order valence-corrected chi connectivity index (χ1v) is 8.68. The van der Waals surface area contributed by atoms with Crippen LogP contribution in [0.5, 0.6) is 0 Å². The van der Waals surface area contributed by atoms with Gasteiger partial charge >= 0.3 is 0 Å². The molecule has 0 aromatic rings. The predicted molar refractivity (Wildman–Crippen MR) is 89.3 cm³/mol. The van der Waals surface area contributed by atoms with Gasteiger partial charge in [-0.25, -0.2) is 0 Å². The van der Waals surface area contributed by atoms with Gasteiger partial charge in [0.15, 0.2) is 0 Å². The average molecular weight is 284 g/mol. The molecule has 1 rings (SSSR count). The number of rotatable bonds is 9. The van der Waals surface area contributed by atoms with Crippen molar-refractivity contribution in [2.45, 2.75) is 71.5 Å². The van der Waals surface area contributed by atoms with Crippen LogP contribution in [0, 0.1) is 5.92 Å². The fourth-order valence-electron chi connectivity index (χ4n) is 3.80. The second-order valence-corrected chi connectivity index (χ2v) is 6.79. The third-order valence-electron chi connectivity index (χ3n) is 4.87. The van der Waals surface area contributed by atoms with Crippen molar-refractivity contribution in [3.63, 3.8) is 0 Å². The van der Waals surface area contributed by atoms with E-state index in [0.717, 1.165) is 18.5 Å². The lowest BCUT2D eigenvalue weighted by Gasteiger charge is -2.35. The van der Waals surface area contributed by atoms with E-state index in [2.05, 4.69) is 56.9 Å². The number of likely N-dealkylation sites (N-methyl/N-ethyl adjacent to an activating group) is 1. The van der Waals surface area contributed by atoms with E-state index < -0.39 is 0 Å². The molecule has 20 heavy (non-hydrogen) atoms. The summed E-state index contributed by atoms with van der Waals surface area (Å²) in [6.45, 7) is 13.0. The van der Waals surface area contributed by atoms with E-state index in [9.17, 15) is 0 Å². The zero-order valence-corrected chi connectivity index (χ0v) is 14.7. The maximum atomic E-state index is 3.80. The fourth-order valence-corrected chi connectivity index (χ4v) is 3.80. The van der Waals surface area contributed by atoms with Crippen LogP contribution >= 0.6 is 0 Å². The minimum Gasteiger partial charge on any atom is -0.312 e. The van der Waals surface area contributed by atoms with Gasteiger partial charge in [-0.05, 0) is 45.8 Å². The van der Waals surface area contributed by atoms with Gasteiger partial charge in [0.05, 0.1) is 0 Å². The molecule has 0 radical (unpaired) electrons. The van der Waals surface area contributed by atoms with E-state index in [-0.39, 0.29) is 0 Å². The molecule has 0 aromatic heterocycles. The van der Waals surface area contributed by atoms with Crippen molar-refractivity contribution in [3.05, 3.63) is 0 Å². The molecular formula is C17H37N3. The maximum Gasteiger partial charge on any atom is 0.0254 e. The van der Waals surface area contributed by atoms with Crippen LogP contribution in [0.1, 0.15) is 53.4 Å². The Kier molecular flexibility index (Phi) is 8.08.